The highest BCUT2D eigenvalue weighted by molar-refractivity contribution is 5.76. The maximum absolute atomic E-state index is 12.3. The van der Waals surface area contributed by atoms with E-state index in [1.165, 1.54) is 5.56 Å². The van der Waals surface area contributed by atoms with Gasteiger partial charge < -0.3 is 9.84 Å². The number of nitrogens with zero attached hydrogens (tertiary/aromatic N) is 1. The molecule has 0 aliphatic carbocycles. The molecule has 0 aliphatic heterocycles. The van der Waals surface area contributed by atoms with Crippen molar-refractivity contribution in [2.45, 2.75) is 26.3 Å². The number of hydrogen-bond acceptors (Lipinski definition) is 3. The molecule has 0 aliphatic rings. The van der Waals surface area contributed by atoms with Crippen LogP contribution in [-0.2, 0) is 17.8 Å². The van der Waals surface area contributed by atoms with Gasteiger partial charge in [0.05, 0.1) is 5.69 Å². The van der Waals surface area contributed by atoms with Gasteiger partial charge in [-0.25, -0.2) is 0 Å². The minimum absolute atomic E-state index is 0.0184. The lowest BCUT2D eigenvalue weighted by molar-refractivity contribution is -0.121. The first-order chi connectivity index (χ1) is 14.7. The van der Waals surface area contributed by atoms with Gasteiger partial charge in [0.25, 0.3) is 0 Å². The van der Waals surface area contributed by atoms with Gasteiger partial charge in [0, 0.05) is 24.1 Å². The smallest absolute Gasteiger partial charge is 0.220 e. The van der Waals surface area contributed by atoms with Crippen LogP contribution in [-0.4, -0.2) is 11.1 Å². The molecule has 1 N–H and O–H groups in total. The third-order valence-electron chi connectivity index (χ3n) is 5.18. The largest absolute Gasteiger partial charge is 0.356 e. The number of nitrogens with one attached hydrogen (secondary N) is 1. The summed E-state index contributed by atoms with van der Waals surface area (Å²) in [6.07, 6.45) is 1.18. The van der Waals surface area contributed by atoms with E-state index in [9.17, 15) is 4.79 Å². The van der Waals surface area contributed by atoms with Crippen molar-refractivity contribution in [3.05, 3.63) is 102 Å². The molecule has 150 valence electrons. The molecule has 1 heterocycles. The zero-order chi connectivity index (χ0) is 20.8. The van der Waals surface area contributed by atoms with Gasteiger partial charge in [0.2, 0.25) is 5.91 Å². The fourth-order valence-electron chi connectivity index (χ4n) is 3.45. The Kier molecular flexibility index (Phi) is 6.04. The van der Waals surface area contributed by atoms with Gasteiger partial charge in [-0.2, -0.15) is 0 Å². The van der Waals surface area contributed by atoms with E-state index < -0.39 is 0 Å². The molecule has 0 radical (unpaired) electrons. The fraction of sp³-hybridized carbons (Fsp3) is 0.154. The summed E-state index contributed by atoms with van der Waals surface area (Å²) in [4.78, 5) is 12.3. The molecule has 3 aromatic carbocycles. The molecular formula is C26H24N2O2. The fourth-order valence-corrected chi connectivity index (χ4v) is 3.45. The number of aryl methyl sites for hydroxylation is 2. The Balaban J connectivity index is 1.42. The molecule has 30 heavy (non-hydrogen) atoms. The summed E-state index contributed by atoms with van der Waals surface area (Å²) < 4.78 is 5.59. The van der Waals surface area contributed by atoms with Crippen molar-refractivity contribution < 1.29 is 9.32 Å². The summed E-state index contributed by atoms with van der Waals surface area (Å²) >= 11 is 0. The van der Waals surface area contributed by atoms with Gasteiger partial charge >= 0.3 is 0 Å². The van der Waals surface area contributed by atoms with Crippen LogP contribution in [0, 0.1) is 6.92 Å². The Bertz CT molecular complexity index is 1100. The first-order valence-corrected chi connectivity index (χ1v) is 10.1. The average Bonchev–Trinajstić information content (AvgIpc) is 3.18. The van der Waals surface area contributed by atoms with Crippen LogP contribution in [0.3, 0.4) is 0 Å². The predicted molar refractivity (Wildman–Crippen MR) is 119 cm³/mol. The quantitative estimate of drug-likeness (QED) is 0.444. The van der Waals surface area contributed by atoms with Crippen molar-refractivity contribution in [3.63, 3.8) is 0 Å². The summed E-state index contributed by atoms with van der Waals surface area (Å²) in [5.41, 5.74) is 6.13. The number of amides is 1. The number of aromatic nitrogens is 1. The van der Waals surface area contributed by atoms with Crippen molar-refractivity contribution in [2.24, 2.45) is 0 Å². The Labute approximate surface area is 176 Å². The molecular weight excluding hydrogens is 372 g/mol. The van der Waals surface area contributed by atoms with Gasteiger partial charge in [0.1, 0.15) is 0 Å². The van der Waals surface area contributed by atoms with Crippen molar-refractivity contribution in [3.8, 4) is 22.5 Å². The number of hydrogen-bond donors (Lipinski definition) is 1. The number of benzene rings is 3. The van der Waals surface area contributed by atoms with Crippen LogP contribution < -0.4 is 5.32 Å². The van der Waals surface area contributed by atoms with Gasteiger partial charge in [0.15, 0.2) is 5.76 Å². The zero-order valence-electron chi connectivity index (χ0n) is 17.0. The maximum Gasteiger partial charge on any atom is 0.220 e. The Morgan fingerprint density at radius 1 is 0.833 bits per heavy atom. The summed E-state index contributed by atoms with van der Waals surface area (Å²) in [7, 11) is 0. The van der Waals surface area contributed by atoms with E-state index in [-0.39, 0.29) is 5.91 Å². The van der Waals surface area contributed by atoms with E-state index in [4.69, 9.17) is 4.52 Å². The molecule has 4 rings (SSSR count). The number of rotatable bonds is 7. The summed E-state index contributed by atoms with van der Waals surface area (Å²) in [6.45, 7) is 2.30. The summed E-state index contributed by atoms with van der Waals surface area (Å²) in [5, 5.41) is 7.12. The molecule has 1 amide bonds. The topological polar surface area (TPSA) is 55.1 Å². The lowest BCUT2D eigenvalue weighted by atomic mass is 10.0. The molecule has 0 spiro atoms. The van der Waals surface area contributed by atoms with E-state index in [0.29, 0.717) is 18.7 Å². The molecule has 1 aromatic heterocycles. The average molecular weight is 396 g/mol. The van der Waals surface area contributed by atoms with Gasteiger partial charge in [-0.1, -0.05) is 90.1 Å². The molecule has 0 bridgehead atoms. The van der Waals surface area contributed by atoms with Crippen LogP contribution in [0.2, 0.25) is 0 Å². The summed E-state index contributed by atoms with van der Waals surface area (Å²) in [6, 6.07) is 28.5. The van der Waals surface area contributed by atoms with Crippen LogP contribution in [0.1, 0.15) is 23.2 Å². The van der Waals surface area contributed by atoms with E-state index in [1.807, 2.05) is 67.6 Å². The van der Waals surface area contributed by atoms with Gasteiger partial charge in [-0.15, -0.1) is 0 Å². The van der Waals surface area contributed by atoms with Crippen LogP contribution in [0.5, 0.6) is 0 Å². The van der Waals surface area contributed by atoms with Crippen LogP contribution in [0.25, 0.3) is 22.5 Å². The monoisotopic (exact) mass is 396 g/mol. The van der Waals surface area contributed by atoms with Crippen molar-refractivity contribution in [1.29, 1.82) is 0 Å². The highest BCUT2D eigenvalue weighted by atomic mass is 16.5. The third kappa shape index (κ3) is 4.66. The highest BCUT2D eigenvalue weighted by Gasteiger charge is 2.16. The molecule has 0 fully saturated rings. The Morgan fingerprint density at radius 3 is 2.13 bits per heavy atom. The highest BCUT2D eigenvalue weighted by Crippen LogP contribution is 2.28. The third-order valence-corrected chi connectivity index (χ3v) is 5.18. The van der Waals surface area contributed by atoms with Gasteiger partial charge in [-0.3, -0.25) is 4.79 Å². The molecule has 0 saturated carbocycles. The van der Waals surface area contributed by atoms with Gasteiger partial charge in [-0.05, 0) is 30.0 Å². The first-order valence-electron chi connectivity index (χ1n) is 10.1. The minimum Gasteiger partial charge on any atom is -0.356 e. The normalized spacial score (nSPS) is 10.7. The zero-order valence-corrected chi connectivity index (χ0v) is 17.0. The Hall–Kier alpha value is -3.66. The second kappa shape index (κ2) is 9.23. The maximum atomic E-state index is 12.3. The van der Waals surface area contributed by atoms with Crippen molar-refractivity contribution >= 4 is 5.91 Å². The molecule has 0 saturated heterocycles. The minimum atomic E-state index is 0.0184. The van der Waals surface area contributed by atoms with Crippen LogP contribution in [0.4, 0.5) is 0 Å². The molecule has 4 aromatic rings. The molecule has 0 unspecified atom stereocenters. The van der Waals surface area contributed by atoms with Crippen LogP contribution in [0.15, 0.2) is 89.5 Å². The lowest BCUT2D eigenvalue weighted by Crippen LogP contribution is -2.23. The van der Waals surface area contributed by atoms with E-state index in [1.54, 1.807) is 0 Å². The molecule has 4 heteroatoms. The van der Waals surface area contributed by atoms with Crippen molar-refractivity contribution in [2.75, 3.05) is 0 Å². The van der Waals surface area contributed by atoms with E-state index >= 15 is 0 Å². The van der Waals surface area contributed by atoms with E-state index in [2.05, 4.69) is 34.7 Å². The first kappa shape index (κ1) is 19.6. The number of carbonyl (C=O) groups excluding carboxylic acids is 1. The summed E-state index contributed by atoms with van der Waals surface area (Å²) in [5.74, 6) is 0.722. The SMILES string of the molecule is Cc1noc(-c2ccc(-c3ccccc3)cc2)c1CNC(=O)CCc1ccccc1. The standard InChI is InChI=1S/C26H24N2O2/c1-19-24(18-27-25(29)17-12-20-8-4-2-5-9-20)26(30-28-19)23-15-13-22(14-16-23)21-10-6-3-7-11-21/h2-11,13-16H,12,17-18H2,1H3,(H,27,29). The Morgan fingerprint density at radius 2 is 1.43 bits per heavy atom. The second-order valence-electron chi connectivity index (χ2n) is 7.28. The van der Waals surface area contributed by atoms with Crippen LogP contribution >= 0.6 is 0 Å². The second-order valence-corrected chi connectivity index (χ2v) is 7.28. The predicted octanol–water partition coefficient (Wildman–Crippen LogP) is 5.57. The molecule has 0 atom stereocenters. The molecule has 4 nitrogen and oxygen atoms in total. The number of carbonyl (C=O) groups is 1. The van der Waals surface area contributed by atoms with E-state index in [0.717, 1.165) is 34.4 Å². The lowest BCUT2D eigenvalue weighted by Gasteiger charge is -2.07. The van der Waals surface area contributed by atoms with Crippen molar-refractivity contribution in [1.82, 2.24) is 10.5 Å².